The van der Waals surface area contributed by atoms with Crippen LogP contribution in [0.2, 0.25) is 0 Å². The van der Waals surface area contributed by atoms with Crippen LogP contribution in [0.1, 0.15) is 66.2 Å². The molecule has 3 heterocycles. The molecule has 5 heteroatoms. The maximum Gasteiger partial charge on any atom is 0.119 e. The number of hydrogen-bond donors (Lipinski definition) is 2. The molecule has 0 aliphatic carbocycles. The minimum atomic E-state index is 0.153. The molecule has 1 atom stereocenters. The normalized spacial score (nSPS) is 19.6. The smallest absolute Gasteiger partial charge is 0.119 e. The Morgan fingerprint density at radius 1 is 1.19 bits per heavy atom. The number of halogens is 1. The number of rotatable bonds is 9. The average Bonchev–Trinajstić information content (AvgIpc) is 3.15. The van der Waals surface area contributed by atoms with Crippen LogP contribution in [0.25, 0.3) is 6.08 Å². The minimum absolute atomic E-state index is 0.153. The molecule has 1 fully saturated rings. The number of aryl methyl sites for hydroxylation is 1. The van der Waals surface area contributed by atoms with Crippen LogP contribution in [-0.4, -0.2) is 42.7 Å². The molecule has 0 amide bonds. The number of likely N-dealkylation sites (tertiary alicyclic amines) is 1. The predicted molar refractivity (Wildman–Crippen MR) is 135 cm³/mol. The first-order chi connectivity index (χ1) is 15.7. The number of allylic oxidation sites excluding steroid dienone is 2. The van der Waals surface area contributed by atoms with Crippen LogP contribution in [0.15, 0.2) is 42.0 Å². The first-order valence-electron chi connectivity index (χ1n) is 12.0. The monoisotopic (exact) mass is 453 g/mol. The lowest BCUT2D eigenvalue weighted by molar-refractivity contribution is 0.216. The van der Waals surface area contributed by atoms with Crippen molar-refractivity contribution in [2.24, 2.45) is 0 Å². The second-order valence-electron chi connectivity index (χ2n) is 8.95. The molecule has 2 aliphatic rings. The molecule has 4 nitrogen and oxygen atoms in total. The molecule has 1 saturated heterocycles. The summed E-state index contributed by atoms with van der Waals surface area (Å²) in [7, 11) is 0. The number of nitrogens with zero attached hydrogens (tertiary/aromatic N) is 1. The zero-order valence-corrected chi connectivity index (χ0v) is 20.0. The standard InChI is InChI=1S/C27H36ClN3O/c1-3-22(28)19-25-20(2)30-27-24(25)13-14-29-26(27)21-9-11-23(12-10-21)32-18-8-7-17-31-15-5-4-6-16-31/h3,9-12,19,26,29-30H,1,4-8,13-18H2,2H3/b22-19+. The Morgan fingerprint density at radius 2 is 1.97 bits per heavy atom. The molecule has 4 rings (SSSR count). The molecule has 1 aromatic carbocycles. The average molecular weight is 454 g/mol. The van der Waals surface area contributed by atoms with Gasteiger partial charge in [-0.15, -0.1) is 0 Å². The molecule has 2 aromatic rings. The van der Waals surface area contributed by atoms with E-state index in [-0.39, 0.29) is 6.04 Å². The Kier molecular flexibility index (Phi) is 8.12. The highest BCUT2D eigenvalue weighted by Crippen LogP contribution is 2.34. The topological polar surface area (TPSA) is 40.3 Å². The van der Waals surface area contributed by atoms with E-state index in [9.17, 15) is 0 Å². The van der Waals surface area contributed by atoms with E-state index < -0.39 is 0 Å². The summed E-state index contributed by atoms with van der Waals surface area (Å²) in [6.07, 6.45) is 11.1. The maximum absolute atomic E-state index is 6.24. The molecular formula is C27H36ClN3O. The van der Waals surface area contributed by atoms with E-state index >= 15 is 0 Å². The fourth-order valence-corrected chi connectivity index (χ4v) is 5.03. The van der Waals surface area contributed by atoms with Gasteiger partial charge >= 0.3 is 0 Å². The van der Waals surface area contributed by atoms with E-state index in [1.165, 1.54) is 67.7 Å². The van der Waals surface area contributed by atoms with Crippen molar-refractivity contribution in [3.05, 3.63) is 70.0 Å². The van der Waals surface area contributed by atoms with E-state index in [4.69, 9.17) is 16.3 Å². The SMILES string of the molecule is C=C/C(Cl)=C\c1c(C)[nH]c2c1CCNC2c1ccc(OCCCCN2CCCCC2)cc1. The van der Waals surface area contributed by atoms with E-state index in [0.717, 1.165) is 37.4 Å². The van der Waals surface area contributed by atoms with Gasteiger partial charge in [0.1, 0.15) is 5.75 Å². The Hall–Kier alpha value is -2.01. The number of aromatic amines is 1. The summed E-state index contributed by atoms with van der Waals surface area (Å²) in [5, 5.41) is 4.33. The van der Waals surface area contributed by atoms with Crippen molar-refractivity contribution >= 4 is 17.7 Å². The van der Waals surface area contributed by atoms with Crippen molar-refractivity contribution in [2.45, 2.75) is 51.5 Å². The third-order valence-corrected chi connectivity index (χ3v) is 6.93. The fraction of sp³-hybridized carbons (Fsp3) is 0.481. The maximum atomic E-state index is 6.24. The summed E-state index contributed by atoms with van der Waals surface area (Å²) in [6.45, 7) is 11.4. The van der Waals surface area contributed by atoms with Crippen LogP contribution in [0.3, 0.4) is 0 Å². The molecule has 0 bridgehead atoms. The van der Waals surface area contributed by atoms with E-state index in [0.29, 0.717) is 5.03 Å². The van der Waals surface area contributed by atoms with Crippen LogP contribution in [-0.2, 0) is 6.42 Å². The minimum Gasteiger partial charge on any atom is -0.494 e. The molecule has 0 radical (unpaired) electrons. The van der Waals surface area contributed by atoms with Crippen molar-refractivity contribution in [3.8, 4) is 5.75 Å². The summed E-state index contributed by atoms with van der Waals surface area (Å²) in [6, 6.07) is 8.71. The largest absolute Gasteiger partial charge is 0.494 e. The van der Waals surface area contributed by atoms with Gasteiger partial charge in [-0.1, -0.05) is 42.8 Å². The van der Waals surface area contributed by atoms with Gasteiger partial charge in [0.25, 0.3) is 0 Å². The first kappa shape index (κ1) is 23.2. The summed E-state index contributed by atoms with van der Waals surface area (Å²) in [4.78, 5) is 6.19. The molecule has 0 spiro atoms. The van der Waals surface area contributed by atoms with Crippen LogP contribution in [0, 0.1) is 6.92 Å². The Balaban J connectivity index is 1.33. The van der Waals surface area contributed by atoms with Crippen molar-refractivity contribution in [2.75, 3.05) is 32.8 Å². The molecule has 2 N–H and O–H groups in total. The second-order valence-corrected chi connectivity index (χ2v) is 9.39. The highest BCUT2D eigenvalue weighted by Gasteiger charge is 2.26. The van der Waals surface area contributed by atoms with E-state index in [1.54, 1.807) is 6.08 Å². The first-order valence-corrected chi connectivity index (χ1v) is 12.4. The number of hydrogen-bond acceptors (Lipinski definition) is 3. The van der Waals surface area contributed by atoms with Gasteiger partial charge in [0.15, 0.2) is 0 Å². The highest BCUT2D eigenvalue weighted by atomic mass is 35.5. The second kappa shape index (κ2) is 11.2. The van der Waals surface area contributed by atoms with Gasteiger partial charge in [-0.3, -0.25) is 0 Å². The lowest BCUT2D eigenvalue weighted by atomic mass is 9.93. The van der Waals surface area contributed by atoms with Gasteiger partial charge in [0.2, 0.25) is 0 Å². The van der Waals surface area contributed by atoms with E-state index in [2.05, 4.69) is 53.0 Å². The van der Waals surface area contributed by atoms with Crippen molar-refractivity contribution < 1.29 is 4.74 Å². The zero-order valence-electron chi connectivity index (χ0n) is 19.3. The highest BCUT2D eigenvalue weighted by molar-refractivity contribution is 6.33. The Bertz CT molecular complexity index is 925. The number of aromatic nitrogens is 1. The number of nitrogens with one attached hydrogen (secondary N) is 2. The van der Waals surface area contributed by atoms with Crippen LogP contribution in [0.4, 0.5) is 0 Å². The number of piperidine rings is 1. The number of fused-ring (bicyclic) bond motifs is 1. The number of benzene rings is 1. The summed E-state index contributed by atoms with van der Waals surface area (Å²) in [5.74, 6) is 0.951. The summed E-state index contributed by atoms with van der Waals surface area (Å²) in [5.41, 5.74) is 6.17. The predicted octanol–water partition coefficient (Wildman–Crippen LogP) is 5.97. The molecule has 2 aliphatic heterocycles. The van der Waals surface area contributed by atoms with Gasteiger partial charge in [0, 0.05) is 23.0 Å². The van der Waals surface area contributed by atoms with Crippen LogP contribution < -0.4 is 10.1 Å². The van der Waals surface area contributed by atoms with Gasteiger partial charge in [-0.25, -0.2) is 0 Å². The van der Waals surface area contributed by atoms with E-state index in [1.807, 2.05) is 6.08 Å². The number of H-pyrrole nitrogens is 1. The quantitative estimate of drug-likeness (QED) is 0.363. The Labute approximate surface area is 197 Å². The van der Waals surface area contributed by atoms with Crippen LogP contribution >= 0.6 is 11.6 Å². The van der Waals surface area contributed by atoms with Gasteiger partial charge in [0.05, 0.1) is 12.6 Å². The molecule has 32 heavy (non-hydrogen) atoms. The van der Waals surface area contributed by atoms with Crippen LogP contribution in [0.5, 0.6) is 5.75 Å². The lowest BCUT2D eigenvalue weighted by Gasteiger charge is -2.26. The Morgan fingerprint density at radius 3 is 2.72 bits per heavy atom. The number of ether oxygens (including phenoxy) is 1. The fourth-order valence-electron chi connectivity index (χ4n) is 4.92. The third-order valence-electron chi connectivity index (χ3n) is 6.67. The van der Waals surface area contributed by atoms with Gasteiger partial charge in [-0.05, 0) is 93.6 Å². The summed E-state index contributed by atoms with van der Waals surface area (Å²) < 4.78 is 6.01. The van der Waals surface area contributed by atoms with Gasteiger partial charge in [-0.2, -0.15) is 0 Å². The van der Waals surface area contributed by atoms with Crippen molar-refractivity contribution in [1.29, 1.82) is 0 Å². The molecule has 1 aromatic heterocycles. The molecular weight excluding hydrogens is 418 g/mol. The van der Waals surface area contributed by atoms with Gasteiger partial charge < -0.3 is 19.9 Å². The zero-order chi connectivity index (χ0) is 22.3. The lowest BCUT2D eigenvalue weighted by Crippen LogP contribution is -2.30. The molecule has 172 valence electrons. The van der Waals surface area contributed by atoms with Crippen molar-refractivity contribution in [1.82, 2.24) is 15.2 Å². The number of unbranched alkanes of at least 4 members (excludes halogenated alkanes) is 1. The van der Waals surface area contributed by atoms with Crippen molar-refractivity contribution in [3.63, 3.8) is 0 Å². The molecule has 1 unspecified atom stereocenters. The summed E-state index contributed by atoms with van der Waals surface area (Å²) >= 11 is 6.24. The molecule has 0 saturated carbocycles. The third kappa shape index (κ3) is 5.67.